The molecule has 2 N–H and O–H groups in total. The Morgan fingerprint density at radius 2 is 1.67 bits per heavy atom. The van der Waals surface area contributed by atoms with Crippen molar-refractivity contribution in [2.75, 3.05) is 10.0 Å². The highest BCUT2D eigenvalue weighted by molar-refractivity contribution is 7.92. The second kappa shape index (κ2) is 8.64. The van der Waals surface area contributed by atoms with Crippen LogP contribution >= 0.6 is 11.6 Å². The van der Waals surface area contributed by atoms with E-state index < -0.39 is 10.0 Å². The molecule has 1 amide bonds. The van der Waals surface area contributed by atoms with Crippen molar-refractivity contribution in [2.24, 2.45) is 0 Å². The number of rotatable bonds is 6. The first-order valence-electron chi connectivity index (χ1n) is 8.74. The Bertz CT molecular complexity index is 1210. The van der Waals surface area contributed by atoms with Crippen LogP contribution in [0.15, 0.2) is 58.2 Å². The van der Waals surface area contributed by atoms with Gasteiger partial charge in [0, 0.05) is 29.2 Å². The lowest BCUT2D eigenvalue weighted by Crippen LogP contribution is -2.23. The lowest BCUT2D eigenvalue weighted by atomic mass is 10.2. The first kappa shape index (κ1) is 21.5. The van der Waals surface area contributed by atoms with Crippen LogP contribution in [0.25, 0.3) is 0 Å². The number of carbonyl (C=O) groups excluding carboxylic acids is 1. The Kier molecular flexibility index (Phi) is 6.18. The van der Waals surface area contributed by atoms with Gasteiger partial charge >= 0.3 is 0 Å². The van der Waals surface area contributed by atoms with Gasteiger partial charge in [-0.15, -0.1) is 10.2 Å². The summed E-state index contributed by atoms with van der Waals surface area (Å²) in [5, 5.41) is 10.1. The number of amides is 1. The van der Waals surface area contributed by atoms with Crippen molar-refractivity contribution in [1.82, 2.24) is 14.8 Å². The Hall–Kier alpha value is -3.24. The van der Waals surface area contributed by atoms with Gasteiger partial charge in [0.15, 0.2) is 16.4 Å². The molecule has 0 saturated carbocycles. The van der Waals surface area contributed by atoms with Gasteiger partial charge < -0.3 is 9.88 Å². The molecule has 0 saturated heterocycles. The molecule has 11 heteroatoms. The number of aromatic nitrogens is 3. The van der Waals surface area contributed by atoms with Crippen LogP contribution in [0.3, 0.4) is 0 Å². The minimum atomic E-state index is -3.88. The lowest BCUT2D eigenvalue weighted by molar-refractivity contribution is -0.116. The highest BCUT2D eigenvalue weighted by Crippen LogP contribution is 2.17. The molecule has 0 aliphatic carbocycles. The second-order valence-corrected chi connectivity index (χ2v) is 8.55. The van der Waals surface area contributed by atoms with E-state index in [0.717, 1.165) is 0 Å². The summed E-state index contributed by atoms with van der Waals surface area (Å²) in [6.45, 7) is 3.52. The third-order valence-corrected chi connectivity index (χ3v) is 5.75. The fraction of sp³-hybridized carbons (Fsp3) is 0.158. The number of pyridine rings is 1. The van der Waals surface area contributed by atoms with Crippen molar-refractivity contribution < 1.29 is 13.2 Å². The van der Waals surface area contributed by atoms with E-state index in [9.17, 15) is 18.0 Å². The monoisotopic (exact) mass is 447 g/mol. The molecule has 0 radical (unpaired) electrons. The number of sulfonamides is 1. The summed E-state index contributed by atoms with van der Waals surface area (Å²) in [7, 11) is -3.88. The molecule has 2 aromatic heterocycles. The fourth-order valence-electron chi connectivity index (χ4n) is 2.77. The van der Waals surface area contributed by atoms with Crippen LogP contribution in [-0.2, 0) is 21.4 Å². The molecule has 2 heterocycles. The number of aryl methyl sites for hydroxylation is 2. The molecule has 0 unspecified atom stereocenters. The number of hydrogen-bond donors (Lipinski definition) is 2. The fourth-order valence-corrected chi connectivity index (χ4v) is 3.86. The van der Waals surface area contributed by atoms with E-state index in [0.29, 0.717) is 17.1 Å². The third kappa shape index (κ3) is 5.22. The number of hydrogen-bond acceptors (Lipinski definition) is 6. The summed E-state index contributed by atoms with van der Waals surface area (Å²) < 4.78 is 28.9. The van der Waals surface area contributed by atoms with E-state index in [1.807, 2.05) is 0 Å². The van der Waals surface area contributed by atoms with Crippen molar-refractivity contribution in [3.8, 4) is 0 Å². The average Bonchev–Trinajstić information content (AvgIpc) is 2.67. The van der Waals surface area contributed by atoms with E-state index in [2.05, 4.69) is 20.2 Å². The summed E-state index contributed by atoms with van der Waals surface area (Å²) in [6.07, 6.45) is 0. The van der Waals surface area contributed by atoms with Gasteiger partial charge in [-0.05, 0) is 50.2 Å². The maximum atomic E-state index is 12.4. The molecule has 0 bridgehead atoms. The van der Waals surface area contributed by atoms with Crippen LogP contribution in [-0.4, -0.2) is 29.1 Å². The molecule has 0 fully saturated rings. The van der Waals surface area contributed by atoms with E-state index in [-0.39, 0.29) is 33.7 Å². The number of nitrogens with zero attached hydrogens (tertiary/aromatic N) is 3. The zero-order valence-corrected chi connectivity index (χ0v) is 17.7. The molecular weight excluding hydrogens is 430 g/mol. The Morgan fingerprint density at radius 3 is 2.23 bits per heavy atom. The molecule has 30 heavy (non-hydrogen) atoms. The van der Waals surface area contributed by atoms with Crippen LogP contribution in [0.1, 0.15) is 11.4 Å². The molecule has 0 spiro atoms. The smallest absolute Gasteiger partial charge is 0.263 e. The van der Waals surface area contributed by atoms with Crippen molar-refractivity contribution in [1.29, 1.82) is 0 Å². The highest BCUT2D eigenvalue weighted by atomic mass is 35.5. The Morgan fingerprint density at radius 1 is 1.03 bits per heavy atom. The Balaban J connectivity index is 1.69. The van der Waals surface area contributed by atoms with Crippen LogP contribution in [0, 0.1) is 13.8 Å². The first-order valence-corrected chi connectivity index (χ1v) is 10.6. The summed E-state index contributed by atoms with van der Waals surface area (Å²) >= 11 is 5.63. The molecule has 156 valence electrons. The number of benzene rings is 1. The summed E-state index contributed by atoms with van der Waals surface area (Å²) in [5.41, 5.74) is 1.67. The summed E-state index contributed by atoms with van der Waals surface area (Å²) in [5.74, 6) is -0.279. The minimum Gasteiger partial charge on any atom is -0.340 e. The zero-order valence-electron chi connectivity index (χ0n) is 16.1. The van der Waals surface area contributed by atoms with Gasteiger partial charge in [0.05, 0.1) is 4.90 Å². The molecule has 0 aliphatic rings. The van der Waals surface area contributed by atoms with E-state index in [1.54, 1.807) is 18.4 Å². The number of nitrogens with one attached hydrogen (secondary N) is 2. The van der Waals surface area contributed by atoms with Crippen LogP contribution in [0.5, 0.6) is 0 Å². The molecule has 0 atom stereocenters. The number of anilines is 2. The van der Waals surface area contributed by atoms with Gasteiger partial charge in [0.2, 0.25) is 5.91 Å². The van der Waals surface area contributed by atoms with E-state index >= 15 is 0 Å². The zero-order chi connectivity index (χ0) is 21.9. The minimum absolute atomic E-state index is 0.00986. The SMILES string of the molecule is Cc1cc(=O)cc(C)n1CC(=O)Nc1ccc(S(=O)(=O)Nc2ccc(Cl)nn2)cc1. The normalized spacial score (nSPS) is 11.2. The van der Waals surface area contributed by atoms with Crippen LogP contribution < -0.4 is 15.5 Å². The molecule has 3 aromatic rings. The molecule has 1 aromatic carbocycles. The maximum Gasteiger partial charge on any atom is 0.263 e. The quantitative estimate of drug-likeness (QED) is 0.597. The topological polar surface area (TPSA) is 123 Å². The van der Waals surface area contributed by atoms with E-state index in [4.69, 9.17) is 11.6 Å². The van der Waals surface area contributed by atoms with Gasteiger partial charge in [0.1, 0.15) is 6.54 Å². The van der Waals surface area contributed by atoms with E-state index in [1.165, 1.54) is 48.5 Å². The van der Waals surface area contributed by atoms with Gasteiger partial charge in [-0.3, -0.25) is 14.3 Å². The standard InChI is InChI=1S/C19H18ClN5O4S/c1-12-9-15(26)10-13(2)25(12)11-19(27)21-14-3-5-16(6-4-14)30(28,29)24-18-8-7-17(20)22-23-18/h3-10H,11H2,1-2H3,(H,21,27)(H,23,24). The average molecular weight is 448 g/mol. The number of halogens is 1. The van der Waals surface area contributed by atoms with Crippen molar-refractivity contribution in [2.45, 2.75) is 25.3 Å². The summed E-state index contributed by atoms with van der Waals surface area (Å²) in [4.78, 5) is 23.8. The molecule has 0 aliphatic heterocycles. The second-order valence-electron chi connectivity index (χ2n) is 6.48. The molecule has 9 nitrogen and oxygen atoms in total. The lowest BCUT2D eigenvalue weighted by Gasteiger charge is -2.14. The summed E-state index contributed by atoms with van der Waals surface area (Å²) in [6, 6.07) is 11.4. The van der Waals surface area contributed by atoms with Gasteiger partial charge in [-0.1, -0.05) is 11.6 Å². The van der Waals surface area contributed by atoms with Crippen LogP contribution in [0.4, 0.5) is 11.5 Å². The predicted octanol–water partition coefficient (Wildman–Crippen LogP) is 2.35. The van der Waals surface area contributed by atoms with Crippen molar-refractivity contribution in [3.05, 3.63) is 75.3 Å². The Labute approximate surface area is 177 Å². The van der Waals surface area contributed by atoms with Gasteiger partial charge in [-0.2, -0.15) is 0 Å². The van der Waals surface area contributed by atoms with Gasteiger partial charge in [0.25, 0.3) is 10.0 Å². The third-order valence-electron chi connectivity index (χ3n) is 4.17. The van der Waals surface area contributed by atoms with Crippen molar-refractivity contribution >= 4 is 39.0 Å². The molecular formula is C19H18ClN5O4S. The van der Waals surface area contributed by atoms with Crippen LogP contribution in [0.2, 0.25) is 5.15 Å². The van der Waals surface area contributed by atoms with Gasteiger partial charge in [-0.25, -0.2) is 8.42 Å². The molecule has 3 rings (SSSR count). The number of carbonyl (C=O) groups is 1. The maximum absolute atomic E-state index is 12.4. The first-order chi connectivity index (χ1) is 14.1. The highest BCUT2D eigenvalue weighted by Gasteiger charge is 2.15. The predicted molar refractivity (Wildman–Crippen MR) is 113 cm³/mol. The van der Waals surface area contributed by atoms with Crippen molar-refractivity contribution in [3.63, 3.8) is 0 Å². The largest absolute Gasteiger partial charge is 0.340 e.